The topological polar surface area (TPSA) is 64.9 Å². The number of nitrogens with zero attached hydrogens (tertiary/aromatic N) is 2. The van der Waals surface area contributed by atoms with Crippen LogP contribution in [0.4, 0.5) is 5.69 Å². The zero-order valence-electron chi connectivity index (χ0n) is 10.7. The fraction of sp³-hybridized carbons (Fsp3) is 0.143. The van der Waals surface area contributed by atoms with Gasteiger partial charge in [0.1, 0.15) is 0 Å². The van der Waals surface area contributed by atoms with E-state index in [4.69, 9.17) is 10.3 Å². The highest BCUT2D eigenvalue weighted by Crippen LogP contribution is 2.27. The number of hydrogen-bond acceptors (Lipinski definition) is 5. The minimum absolute atomic E-state index is 0.517. The van der Waals surface area contributed by atoms with Crippen LogP contribution in [-0.4, -0.2) is 10.1 Å². The number of nitrogen functional groups attached to an aromatic ring is 1. The van der Waals surface area contributed by atoms with E-state index in [-0.39, 0.29) is 0 Å². The number of rotatable bonds is 2. The molecule has 2 aromatic heterocycles. The van der Waals surface area contributed by atoms with Gasteiger partial charge in [-0.25, -0.2) is 0 Å². The van der Waals surface area contributed by atoms with Crippen LogP contribution in [0, 0.1) is 13.8 Å². The summed E-state index contributed by atoms with van der Waals surface area (Å²) in [6, 6.07) is 5.69. The van der Waals surface area contributed by atoms with Crippen molar-refractivity contribution in [3.8, 4) is 22.8 Å². The molecule has 0 aliphatic carbocycles. The Hall–Kier alpha value is -2.14. The fourth-order valence-electron chi connectivity index (χ4n) is 1.85. The number of aromatic nitrogens is 2. The van der Waals surface area contributed by atoms with Crippen LogP contribution in [0.1, 0.15) is 11.1 Å². The van der Waals surface area contributed by atoms with Gasteiger partial charge in [-0.1, -0.05) is 5.16 Å². The minimum Gasteiger partial charge on any atom is -0.399 e. The molecule has 0 unspecified atom stereocenters. The lowest BCUT2D eigenvalue weighted by Crippen LogP contribution is -1.89. The SMILES string of the molecule is Cc1cc(-c2nc(-c3cscc3C)no2)ccc1N. The Labute approximate surface area is 114 Å². The van der Waals surface area contributed by atoms with Gasteiger partial charge in [0.15, 0.2) is 0 Å². The molecule has 0 radical (unpaired) electrons. The molecule has 3 aromatic rings. The van der Waals surface area contributed by atoms with E-state index >= 15 is 0 Å². The van der Waals surface area contributed by atoms with Crippen LogP contribution in [0.3, 0.4) is 0 Å². The van der Waals surface area contributed by atoms with Crippen LogP contribution in [0.5, 0.6) is 0 Å². The Bertz CT molecular complexity index is 730. The highest BCUT2D eigenvalue weighted by molar-refractivity contribution is 7.08. The van der Waals surface area contributed by atoms with Crippen LogP contribution in [0.2, 0.25) is 0 Å². The van der Waals surface area contributed by atoms with Gasteiger partial charge in [0, 0.05) is 22.2 Å². The summed E-state index contributed by atoms with van der Waals surface area (Å²) in [7, 11) is 0. The molecule has 0 spiro atoms. The van der Waals surface area contributed by atoms with Crippen molar-refractivity contribution in [1.82, 2.24) is 10.1 Å². The lowest BCUT2D eigenvalue weighted by atomic mass is 10.1. The van der Waals surface area contributed by atoms with Crippen LogP contribution >= 0.6 is 11.3 Å². The number of benzene rings is 1. The molecule has 0 aliphatic heterocycles. The van der Waals surface area contributed by atoms with E-state index in [2.05, 4.69) is 15.5 Å². The second-order valence-corrected chi connectivity index (χ2v) is 5.21. The average Bonchev–Trinajstić information content (AvgIpc) is 3.01. The minimum atomic E-state index is 0.517. The largest absolute Gasteiger partial charge is 0.399 e. The molecule has 0 saturated carbocycles. The molecular weight excluding hydrogens is 258 g/mol. The molecule has 5 heteroatoms. The third-order valence-corrected chi connectivity index (χ3v) is 3.90. The first-order chi connectivity index (χ1) is 9.15. The van der Waals surface area contributed by atoms with Crippen molar-refractivity contribution in [3.05, 3.63) is 40.1 Å². The molecule has 96 valence electrons. The number of hydrogen-bond donors (Lipinski definition) is 1. The molecule has 0 amide bonds. The van der Waals surface area contributed by atoms with E-state index in [0.717, 1.165) is 27.9 Å². The van der Waals surface area contributed by atoms with Crippen molar-refractivity contribution >= 4 is 17.0 Å². The lowest BCUT2D eigenvalue weighted by molar-refractivity contribution is 0.432. The summed E-state index contributed by atoms with van der Waals surface area (Å²) in [4.78, 5) is 4.44. The van der Waals surface area contributed by atoms with Crippen LogP contribution < -0.4 is 5.73 Å². The van der Waals surface area contributed by atoms with Gasteiger partial charge in [0.2, 0.25) is 5.82 Å². The molecule has 19 heavy (non-hydrogen) atoms. The monoisotopic (exact) mass is 271 g/mol. The normalized spacial score (nSPS) is 10.8. The van der Waals surface area contributed by atoms with Crippen molar-refractivity contribution in [3.63, 3.8) is 0 Å². The van der Waals surface area contributed by atoms with Crippen molar-refractivity contribution in [2.75, 3.05) is 5.73 Å². The van der Waals surface area contributed by atoms with E-state index in [1.54, 1.807) is 11.3 Å². The van der Waals surface area contributed by atoms with Gasteiger partial charge in [-0.05, 0) is 48.6 Å². The van der Waals surface area contributed by atoms with Crippen LogP contribution in [-0.2, 0) is 0 Å². The maximum Gasteiger partial charge on any atom is 0.258 e. The quantitative estimate of drug-likeness (QED) is 0.722. The zero-order chi connectivity index (χ0) is 13.4. The Kier molecular flexibility index (Phi) is 2.83. The van der Waals surface area contributed by atoms with Gasteiger partial charge in [-0.2, -0.15) is 16.3 Å². The molecule has 4 nitrogen and oxygen atoms in total. The zero-order valence-corrected chi connectivity index (χ0v) is 11.5. The van der Waals surface area contributed by atoms with Gasteiger partial charge in [0.25, 0.3) is 5.89 Å². The molecule has 0 bridgehead atoms. The molecule has 2 N–H and O–H groups in total. The summed E-state index contributed by atoms with van der Waals surface area (Å²) in [5, 5.41) is 8.13. The standard InChI is InChI=1S/C14H13N3OS/c1-8-5-10(3-4-12(8)15)14-16-13(17-18-14)11-7-19-6-9(11)2/h3-7H,15H2,1-2H3. The summed E-state index contributed by atoms with van der Waals surface area (Å²) >= 11 is 1.63. The van der Waals surface area contributed by atoms with Crippen LogP contribution in [0.25, 0.3) is 22.8 Å². The molecule has 1 aromatic carbocycles. The summed E-state index contributed by atoms with van der Waals surface area (Å²) in [5.41, 5.74) is 10.6. The van der Waals surface area contributed by atoms with Gasteiger partial charge in [-0.3, -0.25) is 0 Å². The lowest BCUT2D eigenvalue weighted by Gasteiger charge is -2.00. The molecular formula is C14H13N3OS. The predicted octanol–water partition coefficient (Wildman–Crippen LogP) is 3.66. The molecule has 0 saturated heterocycles. The van der Waals surface area contributed by atoms with Crippen molar-refractivity contribution in [2.45, 2.75) is 13.8 Å². The molecule has 0 aliphatic rings. The van der Waals surface area contributed by atoms with Gasteiger partial charge < -0.3 is 10.3 Å². The summed E-state index contributed by atoms with van der Waals surface area (Å²) in [6.45, 7) is 3.99. The van der Waals surface area contributed by atoms with Crippen molar-refractivity contribution < 1.29 is 4.52 Å². The first-order valence-electron chi connectivity index (χ1n) is 5.88. The Morgan fingerprint density at radius 1 is 1.16 bits per heavy atom. The number of anilines is 1. The van der Waals surface area contributed by atoms with E-state index in [1.807, 2.05) is 37.4 Å². The van der Waals surface area contributed by atoms with Gasteiger partial charge >= 0.3 is 0 Å². The number of thiophene rings is 1. The third kappa shape index (κ3) is 2.13. The number of aryl methyl sites for hydroxylation is 2. The molecule has 2 heterocycles. The van der Waals surface area contributed by atoms with E-state index in [9.17, 15) is 0 Å². The summed E-state index contributed by atoms with van der Waals surface area (Å²) in [5.74, 6) is 1.15. The third-order valence-electron chi connectivity index (χ3n) is 3.04. The highest BCUT2D eigenvalue weighted by Gasteiger charge is 2.13. The maximum atomic E-state index is 5.80. The van der Waals surface area contributed by atoms with Crippen LogP contribution in [0.15, 0.2) is 33.5 Å². The Balaban J connectivity index is 2.01. The first kappa shape index (κ1) is 11.9. The second kappa shape index (κ2) is 4.51. The smallest absolute Gasteiger partial charge is 0.258 e. The highest BCUT2D eigenvalue weighted by atomic mass is 32.1. The van der Waals surface area contributed by atoms with Crippen molar-refractivity contribution in [1.29, 1.82) is 0 Å². The van der Waals surface area contributed by atoms with E-state index in [0.29, 0.717) is 11.7 Å². The predicted molar refractivity (Wildman–Crippen MR) is 76.9 cm³/mol. The summed E-state index contributed by atoms with van der Waals surface area (Å²) in [6.07, 6.45) is 0. The van der Waals surface area contributed by atoms with Gasteiger partial charge in [-0.15, -0.1) is 0 Å². The number of nitrogens with two attached hydrogens (primary N) is 1. The Morgan fingerprint density at radius 2 is 2.00 bits per heavy atom. The first-order valence-corrected chi connectivity index (χ1v) is 6.83. The average molecular weight is 271 g/mol. The molecule has 3 rings (SSSR count). The molecule has 0 atom stereocenters. The van der Waals surface area contributed by atoms with E-state index < -0.39 is 0 Å². The molecule has 0 fully saturated rings. The van der Waals surface area contributed by atoms with E-state index in [1.165, 1.54) is 0 Å². The van der Waals surface area contributed by atoms with Crippen molar-refractivity contribution in [2.24, 2.45) is 0 Å². The second-order valence-electron chi connectivity index (χ2n) is 4.46. The maximum absolute atomic E-state index is 5.80. The van der Waals surface area contributed by atoms with Gasteiger partial charge in [0.05, 0.1) is 0 Å². The fourth-order valence-corrected chi connectivity index (χ4v) is 2.67. The Morgan fingerprint density at radius 3 is 2.68 bits per heavy atom. The summed E-state index contributed by atoms with van der Waals surface area (Å²) < 4.78 is 5.33.